The number of fused-ring (bicyclic) bond motifs is 1. The fraction of sp³-hybridized carbons (Fsp3) is 0.391. The van der Waals surface area contributed by atoms with Crippen molar-refractivity contribution in [2.24, 2.45) is 4.99 Å². The number of nitrogens with one attached hydrogen (secondary N) is 1. The summed E-state index contributed by atoms with van der Waals surface area (Å²) in [6, 6.07) is 15.4. The Morgan fingerprint density at radius 3 is 2.58 bits per heavy atom. The molecule has 0 spiro atoms. The smallest absolute Gasteiger partial charge is 0.254 e. The summed E-state index contributed by atoms with van der Waals surface area (Å²) in [5.74, 6) is 0.232. The Bertz CT molecular complexity index is 1180. The number of carbonyl (C=O) groups is 1. The van der Waals surface area contributed by atoms with Crippen molar-refractivity contribution >= 4 is 50.0 Å². The van der Waals surface area contributed by atoms with E-state index in [0.29, 0.717) is 34.5 Å². The maximum Gasteiger partial charge on any atom is 0.254 e. The van der Waals surface area contributed by atoms with E-state index in [4.69, 9.17) is 11.6 Å². The van der Waals surface area contributed by atoms with Gasteiger partial charge in [0.1, 0.15) is 0 Å². The first kappa shape index (κ1) is 22.7. The van der Waals surface area contributed by atoms with Crippen molar-refractivity contribution in [1.82, 2.24) is 9.80 Å². The van der Waals surface area contributed by atoms with Gasteiger partial charge in [0.2, 0.25) is 0 Å². The van der Waals surface area contributed by atoms with E-state index < -0.39 is 9.84 Å². The zero-order valence-corrected chi connectivity index (χ0v) is 20.4. The lowest BCUT2D eigenvalue weighted by Crippen LogP contribution is -2.48. The molecule has 2 aromatic rings. The highest BCUT2D eigenvalue weighted by molar-refractivity contribution is 8.15. The third kappa shape index (κ3) is 5.21. The molecule has 3 aliphatic heterocycles. The summed E-state index contributed by atoms with van der Waals surface area (Å²) in [5, 5.41) is 4.30. The van der Waals surface area contributed by atoms with E-state index in [1.165, 1.54) is 17.3 Å². The maximum atomic E-state index is 13.1. The van der Waals surface area contributed by atoms with Crippen molar-refractivity contribution < 1.29 is 13.2 Å². The van der Waals surface area contributed by atoms with Crippen LogP contribution in [0.15, 0.2) is 53.5 Å². The van der Waals surface area contributed by atoms with E-state index in [9.17, 15) is 13.2 Å². The minimum atomic E-state index is -3.00. The molecule has 3 heterocycles. The van der Waals surface area contributed by atoms with Crippen LogP contribution in [0, 0.1) is 0 Å². The largest absolute Gasteiger partial charge is 0.336 e. The molecular weight excluding hydrogens is 480 g/mol. The number of piperazine rings is 1. The predicted molar refractivity (Wildman–Crippen MR) is 134 cm³/mol. The highest BCUT2D eigenvalue weighted by atomic mass is 35.5. The molecule has 33 heavy (non-hydrogen) atoms. The van der Waals surface area contributed by atoms with Gasteiger partial charge in [0, 0.05) is 43.5 Å². The molecule has 7 nitrogen and oxygen atoms in total. The molecule has 5 rings (SSSR count). The fourth-order valence-electron chi connectivity index (χ4n) is 4.42. The van der Waals surface area contributed by atoms with Gasteiger partial charge in [-0.05, 0) is 23.8 Å². The molecule has 0 saturated carbocycles. The predicted octanol–water partition coefficient (Wildman–Crippen LogP) is 2.98. The second-order valence-corrected chi connectivity index (χ2v) is 12.4. The van der Waals surface area contributed by atoms with Crippen LogP contribution in [0.1, 0.15) is 15.9 Å². The van der Waals surface area contributed by atoms with Gasteiger partial charge in [-0.2, -0.15) is 0 Å². The number of aliphatic imine (C=N–C) groups is 1. The molecule has 1 N–H and O–H groups in total. The third-order valence-electron chi connectivity index (χ3n) is 6.18. The Morgan fingerprint density at radius 2 is 1.85 bits per heavy atom. The molecule has 0 aromatic heterocycles. The molecule has 1 amide bonds. The van der Waals surface area contributed by atoms with E-state index in [-0.39, 0.29) is 28.7 Å². The topological polar surface area (TPSA) is 82.1 Å². The SMILES string of the molecule is O=C(c1ccc(Cl)c(NC2=NC3CS(=O)(=O)CC3S2)c1)N1CCN(Cc2ccccc2)CC1. The minimum absolute atomic E-state index is 0.0157. The number of benzene rings is 2. The zero-order chi connectivity index (χ0) is 23.0. The number of hydrogen-bond donors (Lipinski definition) is 1. The van der Waals surface area contributed by atoms with Gasteiger partial charge in [0.25, 0.3) is 5.91 Å². The van der Waals surface area contributed by atoms with E-state index >= 15 is 0 Å². The van der Waals surface area contributed by atoms with Gasteiger partial charge in [-0.25, -0.2) is 8.42 Å². The number of thioether (sulfide) groups is 1. The van der Waals surface area contributed by atoms with Crippen LogP contribution in [0.3, 0.4) is 0 Å². The lowest BCUT2D eigenvalue weighted by Gasteiger charge is -2.35. The molecule has 2 aromatic carbocycles. The zero-order valence-electron chi connectivity index (χ0n) is 18.0. The van der Waals surface area contributed by atoms with Crippen LogP contribution < -0.4 is 5.32 Å². The molecular formula is C23H25ClN4O3S2. The van der Waals surface area contributed by atoms with Gasteiger partial charge in [-0.1, -0.05) is 53.7 Å². The highest BCUT2D eigenvalue weighted by Crippen LogP contribution is 2.35. The summed E-state index contributed by atoms with van der Waals surface area (Å²) >= 11 is 7.80. The molecule has 2 atom stereocenters. The molecule has 174 valence electrons. The quantitative estimate of drug-likeness (QED) is 0.689. The fourth-order valence-corrected chi connectivity index (χ4v) is 8.25. The van der Waals surface area contributed by atoms with Gasteiger partial charge in [0.15, 0.2) is 15.0 Å². The van der Waals surface area contributed by atoms with Gasteiger partial charge >= 0.3 is 0 Å². The van der Waals surface area contributed by atoms with Crippen LogP contribution >= 0.6 is 23.4 Å². The summed E-state index contributed by atoms with van der Waals surface area (Å²) in [6.45, 7) is 3.91. The lowest BCUT2D eigenvalue weighted by atomic mass is 10.1. The first-order valence-corrected chi connectivity index (χ1v) is 14.0. The van der Waals surface area contributed by atoms with Crippen LogP contribution in [0.2, 0.25) is 5.02 Å². The number of nitrogens with zero attached hydrogens (tertiary/aromatic N) is 3. The summed E-state index contributed by atoms with van der Waals surface area (Å²) in [4.78, 5) is 21.9. The van der Waals surface area contributed by atoms with Crippen LogP contribution in [0.25, 0.3) is 0 Å². The molecule has 0 aliphatic carbocycles. The number of hydrogen-bond acceptors (Lipinski definition) is 7. The Balaban J connectivity index is 1.21. The number of sulfone groups is 1. The molecule has 2 unspecified atom stereocenters. The van der Waals surface area contributed by atoms with E-state index in [0.717, 1.165) is 19.6 Å². The van der Waals surface area contributed by atoms with Crippen LogP contribution in [-0.4, -0.2) is 78.3 Å². The van der Waals surface area contributed by atoms with Gasteiger partial charge in [-0.15, -0.1) is 0 Å². The highest BCUT2D eigenvalue weighted by Gasteiger charge is 2.42. The Morgan fingerprint density at radius 1 is 1.09 bits per heavy atom. The second kappa shape index (κ2) is 9.29. The van der Waals surface area contributed by atoms with Gasteiger partial charge < -0.3 is 10.2 Å². The number of anilines is 1. The minimum Gasteiger partial charge on any atom is -0.336 e. The first-order valence-electron chi connectivity index (χ1n) is 10.9. The number of amides is 1. The summed E-state index contributed by atoms with van der Waals surface area (Å²) in [5.41, 5.74) is 2.46. The second-order valence-electron chi connectivity index (χ2n) is 8.61. The Labute approximate surface area is 203 Å². The van der Waals surface area contributed by atoms with Gasteiger partial charge in [-0.3, -0.25) is 14.7 Å². The van der Waals surface area contributed by atoms with Crippen molar-refractivity contribution in [3.8, 4) is 0 Å². The molecule has 3 aliphatic rings. The Kier molecular flexibility index (Phi) is 6.39. The van der Waals surface area contributed by atoms with Crippen LogP contribution in [-0.2, 0) is 16.4 Å². The molecule has 10 heteroatoms. The van der Waals surface area contributed by atoms with E-state index in [1.807, 2.05) is 23.1 Å². The van der Waals surface area contributed by atoms with Crippen LogP contribution in [0.4, 0.5) is 5.69 Å². The average Bonchev–Trinajstić information content (AvgIpc) is 3.28. The first-order chi connectivity index (χ1) is 15.9. The summed E-state index contributed by atoms with van der Waals surface area (Å²) in [7, 11) is -3.00. The average molecular weight is 505 g/mol. The molecule has 0 bridgehead atoms. The molecule has 2 saturated heterocycles. The summed E-state index contributed by atoms with van der Waals surface area (Å²) < 4.78 is 23.6. The van der Waals surface area contributed by atoms with Crippen molar-refractivity contribution in [1.29, 1.82) is 0 Å². The van der Waals surface area contributed by atoms with Gasteiger partial charge in [0.05, 0.1) is 28.3 Å². The number of rotatable bonds is 4. The monoisotopic (exact) mass is 504 g/mol. The Hall–Kier alpha value is -2.07. The maximum absolute atomic E-state index is 13.1. The third-order valence-corrected chi connectivity index (χ3v) is 9.65. The molecule has 2 fully saturated rings. The number of amidine groups is 1. The van der Waals surface area contributed by atoms with E-state index in [2.05, 4.69) is 27.3 Å². The summed E-state index contributed by atoms with van der Waals surface area (Å²) in [6.07, 6.45) is 0. The van der Waals surface area contributed by atoms with Crippen molar-refractivity contribution in [3.63, 3.8) is 0 Å². The standard InChI is InChI=1S/C23H25ClN4O3S2/c24-18-7-6-17(12-19(18)25-23-26-20-14-33(30,31)15-21(20)32-23)22(29)28-10-8-27(9-11-28)13-16-4-2-1-3-5-16/h1-7,12,20-21H,8-11,13-15H2,(H,25,26). The normalized spacial score (nSPS) is 24.4. The van der Waals surface area contributed by atoms with Crippen molar-refractivity contribution in [2.45, 2.75) is 17.8 Å². The number of carbonyl (C=O) groups excluding carboxylic acids is 1. The molecule has 0 radical (unpaired) electrons. The van der Waals surface area contributed by atoms with Crippen molar-refractivity contribution in [3.05, 3.63) is 64.7 Å². The van der Waals surface area contributed by atoms with Crippen LogP contribution in [0.5, 0.6) is 0 Å². The van der Waals surface area contributed by atoms with E-state index in [1.54, 1.807) is 18.2 Å². The van der Waals surface area contributed by atoms with Crippen molar-refractivity contribution in [2.75, 3.05) is 43.0 Å². The lowest BCUT2D eigenvalue weighted by molar-refractivity contribution is 0.0628. The number of halogens is 1.